The minimum absolute atomic E-state index is 0.0537. The van der Waals surface area contributed by atoms with E-state index < -0.39 is 5.97 Å². The van der Waals surface area contributed by atoms with Crippen LogP contribution in [0.1, 0.15) is 76.2 Å². The van der Waals surface area contributed by atoms with Crippen LogP contribution in [0, 0.1) is 12.8 Å². The number of carbonyl (C=O) groups is 3. The number of methoxy groups -OCH3 is 1. The van der Waals surface area contributed by atoms with E-state index in [2.05, 4.69) is 10.6 Å². The molecule has 0 bridgehead atoms. The van der Waals surface area contributed by atoms with Gasteiger partial charge in [-0.25, -0.2) is 4.79 Å². The molecule has 2 N–H and O–H groups in total. The molecule has 1 atom stereocenters. The molecule has 6 nitrogen and oxygen atoms in total. The van der Waals surface area contributed by atoms with Gasteiger partial charge in [-0.15, -0.1) is 11.3 Å². The lowest BCUT2D eigenvalue weighted by atomic mass is 9.89. The number of amides is 2. The molecule has 2 amide bonds. The van der Waals surface area contributed by atoms with Gasteiger partial charge in [0, 0.05) is 5.92 Å². The van der Waals surface area contributed by atoms with Crippen molar-refractivity contribution < 1.29 is 19.1 Å². The van der Waals surface area contributed by atoms with Crippen LogP contribution >= 0.6 is 11.3 Å². The van der Waals surface area contributed by atoms with Crippen LogP contribution in [-0.4, -0.2) is 24.9 Å². The van der Waals surface area contributed by atoms with Crippen molar-refractivity contribution in [2.45, 2.75) is 52.0 Å². The van der Waals surface area contributed by atoms with E-state index >= 15 is 0 Å². The summed E-state index contributed by atoms with van der Waals surface area (Å²) in [7, 11) is 1.30. The molecule has 0 saturated heterocycles. The van der Waals surface area contributed by atoms with E-state index in [0.29, 0.717) is 15.4 Å². The first-order valence-electron chi connectivity index (χ1n) is 10.3. The molecule has 1 unspecified atom stereocenters. The summed E-state index contributed by atoms with van der Waals surface area (Å²) in [5.74, 6) is -0.984. The van der Waals surface area contributed by atoms with Crippen LogP contribution in [0.3, 0.4) is 0 Å². The highest BCUT2D eigenvalue weighted by atomic mass is 32.1. The van der Waals surface area contributed by atoms with Crippen molar-refractivity contribution in [3.63, 3.8) is 0 Å². The summed E-state index contributed by atoms with van der Waals surface area (Å²) in [5.41, 5.74) is 1.76. The van der Waals surface area contributed by atoms with Crippen LogP contribution in [0.4, 0.5) is 5.00 Å². The highest BCUT2D eigenvalue weighted by Crippen LogP contribution is 2.35. The fraction of sp³-hybridized carbons (Fsp3) is 0.435. The number of nitrogens with one attached hydrogen (secondary N) is 2. The molecule has 2 aromatic rings. The summed E-state index contributed by atoms with van der Waals surface area (Å²) in [6.45, 7) is 3.62. The van der Waals surface area contributed by atoms with E-state index in [0.717, 1.165) is 49.0 Å². The Morgan fingerprint density at radius 1 is 1.10 bits per heavy atom. The van der Waals surface area contributed by atoms with Crippen LogP contribution < -0.4 is 10.6 Å². The van der Waals surface area contributed by atoms with Crippen molar-refractivity contribution in [3.05, 3.63) is 51.9 Å². The van der Waals surface area contributed by atoms with Gasteiger partial charge >= 0.3 is 5.97 Å². The SMILES string of the molecule is COC(=O)c1c(NC(=O)C2CCCCC2)sc(C(=O)NC(C)c2ccccc2)c1C. The Bertz CT molecular complexity index is 917. The van der Waals surface area contributed by atoms with Gasteiger partial charge in [0.05, 0.1) is 23.6 Å². The van der Waals surface area contributed by atoms with Gasteiger partial charge in [-0.05, 0) is 37.8 Å². The monoisotopic (exact) mass is 428 g/mol. The molecular weight excluding hydrogens is 400 g/mol. The van der Waals surface area contributed by atoms with Crippen molar-refractivity contribution >= 4 is 34.1 Å². The fourth-order valence-electron chi connectivity index (χ4n) is 3.83. The minimum Gasteiger partial charge on any atom is -0.465 e. The number of ether oxygens (including phenoxy) is 1. The third-order valence-electron chi connectivity index (χ3n) is 5.60. The summed E-state index contributed by atoms with van der Waals surface area (Å²) in [6, 6.07) is 9.46. The maximum Gasteiger partial charge on any atom is 0.341 e. The van der Waals surface area contributed by atoms with Crippen molar-refractivity contribution in [3.8, 4) is 0 Å². The Morgan fingerprint density at radius 2 is 1.77 bits per heavy atom. The average Bonchev–Trinajstić information content (AvgIpc) is 3.10. The third kappa shape index (κ3) is 4.90. The molecule has 1 aliphatic rings. The molecule has 0 spiro atoms. The number of esters is 1. The van der Waals surface area contributed by atoms with Gasteiger partial charge < -0.3 is 15.4 Å². The molecule has 1 heterocycles. The minimum atomic E-state index is -0.558. The van der Waals surface area contributed by atoms with Crippen LogP contribution in [0.2, 0.25) is 0 Å². The number of carbonyl (C=O) groups excluding carboxylic acids is 3. The summed E-state index contributed by atoms with van der Waals surface area (Å²) < 4.78 is 4.91. The quantitative estimate of drug-likeness (QED) is 0.644. The van der Waals surface area contributed by atoms with E-state index in [4.69, 9.17) is 4.74 Å². The van der Waals surface area contributed by atoms with E-state index in [1.54, 1.807) is 6.92 Å². The molecule has 1 fully saturated rings. The number of anilines is 1. The zero-order chi connectivity index (χ0) is 21.7. The van der Waals surface area contributed by atoms with Crippen molar-refractivity contribution in [2.75, 3.05) is 12.4 Å². The second-order valence-corrected chi connectivity index (χ2v) is 8.70. The summed E-state index contributed by atoms with van der Waals surface area (Å²) >= 11 is 1.12. The lowest BCUT2D eigenvalue weighted by Crippen LogP contribution is -2.26. The van der Waals surface area contributed by atoms with Crippen LogP contribution in [0.25, 0.3) is 0 Å². The first-order chi connectivity index (χ1) is 14.4. The number of hydrogen-bond acceptors (Lipinski definition) is 5. The number of rotatable bonds is 6. The van der Waals surface area contributed by atoms with Crippen LogP contribution in [-0.2, 0) is 9.53 Å². The summed E-state index contributed by atoms with van der Waals surface area (Å²) in [5, 5.41) is 6.25. The summed E-state index contributed by atoms with van der Waals surface area (Å²) in [4.78, 5) is 38.5. The molecule has 7 heteroatoms. The predicted octanol–water partition coefficient (Wildman–Crippen LogP) is 4.85. The zero-order valence-corrected chi connectivity index (χ0v) is 18.4. The molecule has 0 radical (unpaired) electrons. The normalized spacial score (nSPS) is 15.3. The Kier molecular flexibility index (Phi) is 7.26. The van der Waals surface area contributed by atoms with E-state index in [1.807, 2.05) is 37.3 Å². The zero-order valence-electron chi connectivity index (χ0n) is 17.6. The molecule has 1 aliphatic carbocycles. The van der Waals surface area contributed by atoms with Crippen molar-refractivity contribution in [2.24, 2.45) is 5.92 Å². The second-order valence-electron chi connectivity index (χ2n) is 7.68. The van der Waals surface area contributed by atoms with E-state index in [-0.39, 0.29) is 29.3 Å². The van der Waals surface area contributed by atoms with Gasteiger partial charge in [0.1, 0.15) is 5.00 Å². The highest BCUT2D eigenvalue weighted by molar-refractivity contribution is 7.18. The first-order valence-corrected chi connectivity index (χ1v) is 11.1. The molecule has 160 valence electrons. The second kappa shape index (κ2) is 9.89. The Balaban J connectivity index is 1.83. The fourth-order valence-corrected chi connectivity index (χ4v) is 4.93. The molecule has 30 heavy (non-hydrogen) atoms. The molecule has 1 aromatic carbocycles. The number of hydrogen-bond donors (Lipinski definition) is 2. The first kappa shape index (κ1) is 22.0. The summed E-state index contributed by atoms with van der Waals surface area (Å²) in [6.07, 6.45) is 4.93. The Morgan fingerprint density at radius 3 is 2.40 bits per heavy atom. The maximum atomic E-state index is 12.9. The van der Waals surface area contributed by atoms with Gasteiger partial charge in [0.25, 0.3) is 5.91 Å². The molecule has 3 rings (SSSR count). The maximum absolute atomic E-state index is 12.9. The van der Waals surface area contributed by atoms with Crippen molar-refractivity contribution in [1.29, 1.82) is 0 Å². The lowest BCUT2D eigenvalue weighted by Gasteiger charge is -2.20. The van der Waals surface area contributed by atoms with Crippen LogP contribution in [0.5, 0.6) is 0 Å². The Labute approximate surface area is 181 Å². The lowest BCUT2D eigenvalue weighted by molar-refractivity contribution is -0.120. The van der Waals surface area contributed by atoms with Gasteiger partial charge in [-0.2, -0.15) is 0 Å². The largest absolute Gasteiger partial charge is 0.465 e. The van der Waals surface area contributed by atoms with E-state index in [1.165, 1.54) is 7.11 Å². The van der Waals surface area contributed by atoms with Crippen LogP contribution in [0.15, 0.2) is 30.3 Å². The smallest absolute Gasteiger partial charge is 0.341 e. The van der Waals surface area contributed by atoms with Gasteiger partial charge in [0.15, 0.2) is 0 Å². The topological polar surface area (TPSA) is 84.5 Å². The predicted molar refractivity (Wildman–Crippen MR) is 118 cm³/mol. The Hall–Kier alpha value is -2.67. The van der Waals surface area contributed by atoms with E-state index in [9.17, 15) is 14.4 Å². The number of benzene rings is 1. The standard InChI is InChI=1S/C23H28N2O4S/c1-14-18(23(28)29-3)22(25-20(26)17-12-8-5-9-13-17)30-19(14)21(27)24-15(2)16-10-6-4-7-11-16/h4,6-7,10-11,15,17H,5,8-9,12-13H2,1-3H3,(H,24,27)(H,25,26). The number of thiophene rings is 1. The highest BCUT2D eigenvalue weighted by Gasteiger charge is 2.29. The molecule has 1 saturated carbocycles. The van der Waals surface area contributed by atoms with Gasteiger partial charge in [0.2, 0.25) is 5.91 Å². The molecular formula is C23H28N2O4S. The van der Waals surface area contributed by atoms with Crippen molar-refractivity contribution in [1.82, 2.24) is 5.32 Å². The molecule has 1 aromatic heterocycles. The average molecular weight is 429 g/mol. The third-order valence-corrected chi connectivity index (χ3v) is 6.81. The van der Waals surface area contributed by atoms with Gasteiger partial charge in [-0.1, -0.05) is 49.6 Å². The van der Waals surface area contributed by atoms with Gasteiger partial charge in [-0.3, -0.25) is 9.59 Å². The molecule has 0 aliphatic heterocycles.